The molecule has 0 unspecified atom stereocenters. The van der Waals surface area contributed by atoms with Crippen LogP contribution in [0, 0.1) is 0 Å². The first kappa shape index (κ1) is 18.9. The van der Waals surface area contributed by atoms with Crippen molar-refractivity contribution in [2.24, 2.45) is 0 Å². The van der Waals surface area contributed by atoms with Crippen LogP contribution in [0.25, 0.3) is 64.6 Å². The average Bonchev–Trinajstić information content (AvgIpc) is 2.90. The Morgan fingerprint density at radius 1 is 0.343 bits per heavy atom. The van der Waals surface area contributed by atoms with Crippen LogP contribution in [0.1, 0.15) is 0 Å². The molecule has 0 fully saturated rings. The fourth-order valence-corrected chi connectivity index (χ4v) is 5.72. The first-order valence-corrected chi connectivity index (χ1v) is 11.8. The second kappa shape index (κ2) is 7.00. The molecular weight excluding hydrogens is 427 g/mol. The van der Waals surface area contributed by atoms with E-state index in [1.807, 2.05) is 0 Å². The average molecular weight is 445 g/mol. The molecule has 0 aromatic heterocycles. The molecule has 1 radical (unpaired) electrons. The molecule has 8 aromatic carbocycles. The molecule has 2 nitrogen and oxygen atoms in total. The number of benzene rings is 8. The largest absolute Gasteiger partial charge is 0.658 e. The van der Waals surface area contributed by atoms with Gasteiger partial charge < -0.3 is 9.31 Å². The van der Waals surface area contributed by atoms with Gasteiger partial charge in [-0.15, -0.1) is 0 Å². The highest BCUT2D eigenvalue weighted by Crippen LogP contribution is 2.38. The SMILES string of the molecule is [B](Oc1cc2ccc3cccc4ccc(c1)c2c34)Oc1cc2ccc3cccc4ccc(c1)c2c34. The Kier molecular flexibility index (Phi) is 3.78. The van der Waals surface area contributed by atoms with Crippen molar-refractivity contribution < 1.29 is 9.31 Å². The van der Waals surface area contributed by atoms with Crippen LogP contribution < -0.4 is 9.31 Å². The van der Waals surface area contributed by atoms with Crippen molar-refractivity contribution in [2.75, 3.05) is 0 Å². The molecule has 8 aromatic rings. The quantitative estimate of drug-likeness (QED) is 0.200. The zero-order chi connectivity index (χ0) is 22.9. The zero-order valence-electron chi connectivity index (χ0n) is 18.8. The third kappa shape index (κ3) is 2.79. The summed E-state index contributed by atoms with van der Waals surface area (Å²) in [6.07, 6.45) is 0. The van der Waals surface area contributed by atoms with E-state index in [2.05, 4.69) is 109 Å². The Morgan fingerprint density at radius 2 is 0.629 bits per heavy atom. The van der Waals surface area contributed by atoms with Crippen LogP contribution in [0.2, 0.25) is 0 Å². The fraction of sp³-hybridized carbons (Fsp3) is 0. The molecule has 0 saturated heterocycles. The standard InChI is InChI=1S/C32H18BO2/c1-3-19-7-11-23-15-27(16-24-12-8-20(4-1)29(19)31(23)24)34-33-35-28-17-25-13-9-21-5-2-6-22-10-14-26(18-28)32(25)30(21)22/h1-18H. The van der Waals surface area contributed by atoms with Crippen LogP contribution in [0.4, 0.5) is 0 Å². The fourth-order valence-electron chi connectivity index (χ4n) is 5.72. The maximum Gasteiger partial charge on any atom is 0.658 e. The molecule has 0 aliphatic rings. The lowest BCUT2D eigenvalue weighted by molar-refractivity contribution is 0.460. The molecule has 0 amide bonds. The summed E-state index contributed by atoms with van der Waals surface area (Å²) in [6, 6.07) is 38.6. The summed E-state index contributed by atoms with van der Waals surface area (Å²) >= 11 is 0. The van der Waals surface area contributed by atoms with Gasteiger partial charge in [0.15, 0.2) is 0 Å². The molecular formula is C32H18BO2. The summed E-state index contributed by atoms with van der Waals surface area (Å²) in [5, 5.41) is 14.9. The Morgan fingerprint density at radius 3 is 0.971 bits per heavy atom. The smallest absolute Gasteiger partial charge is 0.526 e. The van der Waals surface area contributed by atoms with Crippen LogP contribution in [-0.4, -0.2) is 7.69 Å². The third-order valence-electron chi connectivity index (χ3n) is 7.24. The van der Waals surface area contributed by atoms with Gasteiger partial charge in [0.2, 0.25) is 0 Å². The van der Waals surface area contributed by atoms with Gasteiger partial charge in [0.1, 0.15) is 11.5 Å². The van der Waals surface area contributed by atoms with Gasteiger partial charge in [-0.25, -0.2) is 0 Å². The molecule has 35 heavy (non-hydrogen) atoms. The van der Waals surface area contributed by atoms with Crippen molar-refractivity contribution in [1.82, 2.24) is 0 Å². The zero-order valence-corrected chi connectivity index (χ0v) is 18.8. The minimum atomic E-state index is 0.758. The van der Waals surface area contributed by atoms with Gasteiger partial charge in [0.25, 0.3) is 0 Å². The molecule has 3 heteroatoms. The summed E-state index contributed by atoms with van der Waals surface area (Å²) in [5.41, 5.74) is 0. The van der Waals surface area contributed by atoms with Crippen molar-refractivity contribution in [1.29, 1.82) is 0 Å². The molecule has 0 saturated carbocycles. The maximum absolute atomic E-state index is 5.96. The molecule has 0 N–H and O–H groups in total. The van der Waals surface area contributed by atoms with Gasteiger partial charge in [-0.3, -0.25) is 0 Å². The van der Waals surface area contributed by atoms with E-state index < -0.39 is 0 Å². The highest BCUT2D eigenvalue weighted by atomic mass is 16.6. The lowest BCUT2D eigenvalue weighted by Gasteiger charge is -2.14. The van der Waals surface area contributed by atoms with Gasteiger partial charge in [-0.2, -0.15) is 0 Å². The van der Waals surface area contributed by atoms with E-state index in [-0.39, 0.29) is 0 Å². The second-order valence-electron chi connectivity index (χ2n) is 9.24. The van der Waals surface area contributed by atoms with Crippen LogP contribution in [-0.2, 0) is 0 Å². The Bertz CT molecular complexity index is 1770. The second-order valence-corrected chi connectivity index (χ2v) is 9.24. The lowest BCUT2D eigenvalue weighted by Crippen LogP contribution is -2.11. The minimum absolute atomic E-state index is 0.758. The van der Waals surface area contributed by atoms with E-state index >= 15 is 0 Å². The summed E-state index contributed by atoms with van der Waals surface area (Å²) in [4.78, 5) is 0. The van der Waals surface area contributed by atoms with E-state index in [1.165, 1.54) is 50.8 Å². The van der Waals surface area contributed by atoms with E-state index in [4.69, 9.17) is 9.31 Å². The molecule has 0 aliphatic heterocycles. The molecule has 161 valence electrons. The van der Waals surface area contributed by atoms with Gasteiger partial charge >= 0.3 is 7.69 Å². The normalized spacial score (nSPS) is 12.0. The Balaban J connectivity index is 1.13. The van der Waals surface area contributed by atoms with Gasteiger partial charge in [-0.05, 0) is 88.9 Å². The molecule has 0 atom stereocenters. The summed E-state index contributed by atoms with van der Waals surface area (Å²) < 4.78 is 11.9. The van der Waals surface area contributed by atoms with Crippen molar-refractivity contribution >= 4 is 72.3 Å². The first-order valence-electron chi connectivity index (χ1n) is 11.8. The minimum Gasteiger partial charge on any atom is -0.526 e. The summed E-state index contributed by atoms with van der Waals surface area (Å²) in [5.74, 6) is 1.52. The van der Waals surface area contributed by atoms with Crippen LogP contribution in [0.3, 0.4) is 0 Å². The van der Waals surface area contributed by atoms with E-state index in [0.717, 1.165) is 33.0 Å². The summed E-state index contributed by atoms with van der Waals surface area (Å²) in [6.45, 7) is 0. The van der Waals surface area contributed by atoms with Crippen LogP contribution >= 0.6 is 0 Å². The predicted molar refractivity (Wildman–Crippen MR) is 147 cm³/mol. The van der Waals surface area contributed by atoms with Gasteiger partial charge in [0, 0.05) is 0 Å². The summed E-state index contributed by atoms with van der Waals surface area (Å²) in [7, 11) is 1.43. The molecule has 0 aliphatic carbocycles. The van der Waals surface area contributed by atoms with E-state index in [1.54, 1.807) is 0 Å². The molecule has 0 bridgehead atoms. The number of hydrogen-bond acceptors (Lipinski definition) is 2. The van der Waals surface area contributed by atoms with Gasteiger partial charge in [0.05, 0.1) is 0 Å². The third-order valence-corrected chi connectivity index (χ3v) is 7.24. The molecule has 8 rings (SSSR count). The van der Waals surface area contributed by atoms with Gasteiger partial charge in [-0.1, -0.05) is 84.9 Å². The van der Waals surface area contributed by atoms with Crippen LogP contribution in [0.15, 0.2) is 109 Å². The van der Waals surface area contributed by atoms with E-state index in [9.17, 15) is 0 Å². The van der Waals surface area contributed by atoms with Crippen molar-refractivity contribution in [3.8, 4) is 11.5 Å². The maximum atomic E-state index is 5.96. The Hall–Kier alpha value is -4.50. The molecule has 0 heterocycles. The van der Waals surface area contributed by atoms with Crippen LogP contribution in [0.5, 0.6) is 11.5 Å². The number of rotatable bonds is 4. The highest BCUT2D eigenvalue weighted by Gasteiger charge is 2.12. The predicted octanol–water partition coefficient (Wildman–Crippen LogP) is 8.47. The lowest BCUT2D eigenvalue weighted by atomic mass is 9.94. The highest BCUT2D eigenvalue weighted by molar-refractivity contribution is 6.26. The molecule has 0 spiro atoms. The topological polar surface area (TPSA) is 18.5 Å². The van der Waals surface area contributed by atoms with Crippen molar-refractivity contribution in [3.63, 3.8) is 0 Å². The van der Waals surface area contributed by atoms with Crippen molar-refractivity contribution in [3.05, 3.63) is 109 Å². The Labute approximate surface area is 202 Å². The van der Waals surface area contributed by atoms with E-state index in [0.29, 0.717) is 0 Å². The number of hydrogen-bond donors (Lipinski definition) is 0. The first-order chi connectivity index (χ1) is 17.3. The monoisotopic (exact) mass is 445 g/mol. The van der Waals surface area contributed by atoms with Crippen molar-refractivity contribution in [2.45, 2.75) is 0 Å².